The van der Waals surface area contributed by atoms with Crippen molar-refractivity contribution < 1.29 is 4.79 Å². The van der Waals surface area contributed by atoms with E-state index in [-0.39, 0.29) is 5.12 Å². The molecule has 0 atom stereocenters. The third-order valence-corrected chi connectivity index (χ3v) is 18.3. The molecule has 4 aromatic rings. The van der Waals surface area contributed by atoms with Gasteiger partial charge in [-0.15, -0.1) is 0 Å². The predicted molar refractivity (Wildman–Crippen MR) is 201 cm³/mol. The Hall–Kier alpha value is -2.06. The van der Waals surface area contributed by atoms with E-state index in [0.29, 0.717) is 0 Å². The number of benzene rings is 4. The van der Waals surface area contributed by atoms with Crippen molar-refractivity contribution in [1.82, 2.24) is 0 Å². The van der Waals surface area contributed by atoms with Crippen LogP contribution in [-0.4, -0.2) is 10.9 Å². The molecule has 0 N–H and O–H groups in total. The van der Waals surface area contributed by atoms with E-state index in [1.165, 1.54) is 70.4 Å². The first-order chi connectivity index (χ1) is 20.9. The number of allylic oxidation sites excluding steroid dienone is 1. The average molecular weight is 661 g/mol. The monoisotopic (exact) mass is 660 g/mol. The van der Waals surface area contributed by atoms with E-state index >= 15 is 0 Å². The zero-order valence-electron chi connectivity index (χ0n) is 25.0. The molecule has 0 spiro atoms. The summed E-state index contributed by atoms with van der Waals surface area (Å²) in [7, 11) is 0. The van der Waals surface area contributed by atoms with E-state index in [2.05, 4.69) is 127 Å². The maximum atomic E-state index is 11.2. The van der Waals surface area contributed by atoms with Gasteiger partial charge in [0.1, 0.15) is 0 Å². The summed E-state index contributed by atoms with van der Waals surface area (Å²) in [4.78, 5) is 11.2. The number of rotatable bonds is 16. The lowest BCUT2D eigenvalue weighted by atomic mass is 10.1. The summed E-state index contributed by atoms with van der Waals surface area (Å²) in [6.45, 7) is 1.65. The standard InChI is InChI=1S/C37H42OP2S3/c1-32(38)43-30-20-6-4-2-3-5-11-29-37(40(42,35-25-16-9-17-26-35)36-27-18-10-19-28-36)31-39(41,33-21-12-7-13-22-33)34-23-14-8-15-24-34/h7-10,12-19,21-28,31H,2-6,11,20,29-30H2,1H3/b37-31+. The van der Waals surface area contributed by atoms with Crippen LogP contribution in [0, 0.1) is 0 Å². The summed E-state index contributed by atoms with van der Waals surface area (Å²) in [5.74, 6) is 3.42. The van der Waals surface area contributed by atoms with Gasteiger partial charge in [-0.2, -0.15) is 0 Å². The molecule has 0 fully saturated rings. The van der Waals surface area contributed by atoms with Crippen LogP contribution in [0.4, 0.5) is 0 Å². The van der Waals surface area contributed by atoms with Crippen LogP contribution in [0.3, 0.4) is 0 Å². The van der Waals surface area contributed by atoms with Crippen LogP contribution in [0.5, 0.6) is 0 Å². The van der Waals surface area contributed by atoms with Crippen LogP contribution in [-0.2, 0) is 28.4 Å². The van der Waals surface area contributed by atoms with Crippen molar-refractivity contribution in [2.75, 3.05) is 5.75 Å². The van der Waals surface area contributed by atoms with Crippen molar-refractivity contribution in [1.29, 1.82) is 0 Å². The van der Waals surface area contributed by atoms with Gasteiger partial charge in [0.2, 0.25) is 0 Å². The van der Waals surface area contributed by atoms with Gasteiger partial charge >= 0.3 is 0 Å². The lowest BCUT2D eigenvalue weighted by Gasteiger charge is -2.30. The molecule has 0 heterocycles. The van der Waals surface area contributed by atoms with Gasteiger partial charge in [-0.05, 0) is 51.6 Å². The molecule has 1 nitrogen and oxygen atoms in total. The molecule has 0 amide bonds. The fourth-order valence-electron chi connectivity index (χ4n) is 5.37. The molecular formula is C37H42OP2S3. The van der Waals surface area contributed by atoms with Gasteiger partial charge in [-0.3, -0.25) is 4.79 Å². The number of carbonyl (C=O) groups is 1. The lowest BCUT2D eigenvalue weighted by molar-refractivity contribution is -0.109. The van der Waals surface area contributed by atoms with Crippen molar-refractivity contribution in [3.63, 3.8) is 0 Å². The van der Waals surface area contributed by atoms with Crippen LogP contribution in [0.1, 0.15) is 58.3 Å². The first-order valence-corrected chi connectivity index (χ1v) is 21.9. The molecule has 0 saturated heterocycles. The Bertz CT molecular complexity index is 1450. The molecule has 4 aromatic carbocycles. The maximum absolute atomic E-state index is 11.2. The summed E-state index contributed by atoms with van der Waals surface area (Å²) in [6, 6.07) is 38.3. The fraction of sp³-hybridized carbons (Fsp3) is 0.270. The summed E-state index contributed by atoms with van der Waals surface area (Å²) in [5.41, 5.74) is 0. The predicted octanol–water partition coefficient (Wildman–Crippen LogP) is 9.49. The van der Waals surface area contributed by atoms with E-state index in [1.54, 1.807) is 6.92 Å². The minimum Gasteiger partial charge on any atom is -0.288 e. The van der Waals surface area contributed by atoms with E-state index in [9.17, 15) is 4.79 Å². The van der Waals surface area contributed by atoms with E-state index < -0.39 is 12.1 Å². The van der Waals surface area contributed by atoms with E-state index in [4.69, 9.17) is 23.6 Å². The molecule has 0 aliphatic carbocycles. The summed E-state index contributed by atoms with van der Waals surface area (Å²) < 4.78 is 0. The first-order valence-electron chi connectivity index (χ1n) is 15.2. The van der Waals surface area contributed by atoms with Crippen molar-refractivity contribution in [2.24, 2.45) is 0 Å². The lowest BCUT2D eigenvalue weighted by Crippen LogP contribution is -2.19. The van der Waals surface area contributed by atoms with Crippen molar-refractivity contribution >= 4 is 73.8 Å². The molecule has 0 saturated carbocycles. The highest BCUT2D eigenvalue weighted by molar-refractivity contribution is 8.25. The van der Waals surface area contributed by atoms with Crippen LogP contribution in [0.25, 0.3) is 0 Å². The molecule has 0 aliphatic heterocycles. The van der Waals surface area contributed by atoms with E-state index in [1.807, 2.05) is 0 Å². The van der Waals surface area contributed by atoms with Crippen LogP contribution in [0.15, 0.2) is 132 Å². The second kappa shape index (κ2) is 17.4. The molecule has 224 valence electrons. The van der Waals surface area contributed by atoms with E-state index in [0.717, 1.165) is 25.0 Å². The number of unbranched alkanes of at least 4 members (excludes halogenated alkanes) is 6. The zero-order valence-corrected chi connectivity index (χ0v) is 29.3. The molecule has 0 radical (unpaired) electrons. The van der Waals surface area contributed by atoms with Gasteiger partial charge < -0.3 is 0 Å². The second-order valence-corrected chi connectivity index (χ2v) is 20.9. The van der Waals surface area contributed by atoms with Crippen LogP contribution >= 0.6 is 23.8 Å². The first kappa shape index (κ1) is 33.8. The second-order valence-electron chi connectivity index (χ2n) is 10.8. The minimum absolute atomic E-state index is 0.223. The summed E-state index contributed by atoms with van der Waals surface area (Å²) >= 11 is 15.1. The number of carbonyl (C=O) groups excluding carboxylic acids is 1. The van der Waals surface area contributed by atoms with Crippen molar-refractivity contribution in [3.8, 4) is 0 Å². The number of thioether (sulfide) groups is 1. The maximum Gasteiger partial charge on any atom is 0.185 e. The topological polar surface area (TPSA) is 17.1 Å². The molecule has 0 unspecified atom stereocenters. The molecule has 0 bridgehead atoms. The molecule has 4 rings (SSSR count). The normalized spacial score (nSPS) is 12.3. The molecular weight excluding hydrogens is 619 g/mol. The highest BCUT2D eigenvalue weighted by atomic mass is 32.4. The third-order valence-electron chi connectivity index (χ3n) is 7.64. The number of hydrogen-bond acceptors (Lipinski definition) is 4. The Labute approximate surface area is 273 Å². The zero-order chi connectivity index (χ0) is 30.4. The molecule has 0 aliphatic rings. The molecule has 0 aromatic heterocycles. The Kier molecular flexibility index (Phi) is 13.7. The van der Waals surface area contributed by atoms with Gasteiger partial charge in [0.15, 0.2) is 5.12 Å². The highest BCUT2D eigenvalue weighted by Crippen LogP contribution is 2.59. The SMILES string of the molecule is CC(=O)SCCCCCCCCC/C(=C\P(=S)(c1ccccc1)c1ccccc1)P(=S)(c1ccccc1)c1ccccc1. The van der Waals surface area contributed by atoms with Gasteiger partial charge in [0.25, 0.3) is 0 Å². The number of hydrogen-bond donors (Lipinski definition) is 0. The molecule has 6 heteroatoms. The Morgan fingerprint density at radius 3 is 1.37 bits per heavy atom. The van der Waals surface area contributed by atoms with Gasteiger partial charge in [0.05, 0.1) is 0 Å². The Balaban J connectivity index is 1.68. The van der Waals surface area contributed by atoms with Crippen molar-refractivity contribution in [2.45, 2.75) is 58.3 Å². The fourth-order valence-corrected chi connectivity index (χ4v) is 14.9. The van der Waals surface area contributed by atoms with Gasteiger partial charge in [-0.25, -0.2) is 0 Å². The minimum atomic E-state index is -2.33. The van der Waals surface area contributed by atoms with Crippen molar-refractivity contribution in [3.05, 3.63) is 132 Å². The summed E-state index contributed by atoms with van der Waals surface area (Å²) in [5, 5.41) is 6.44. The average Bonchev–Trinajstić information content (AvgIpc) is 3.06. The smallest absolute Gasteiger partial charge is 0.185 e. The Morgan fingerprint density at radius 1 is 0.581 bits per heavy atom. The quantitative estimate of drug-likeness (QED) is 0.0879. The van der Waals surface area contributed by atoms with Gasteiger partial charge in [0, 0.05) is 24.8 Å². The van der Waals surface area contributed by atoms with Crippen LogP contribution < -0.4 is 21.2 Å². The molecule has 43 heavy (non-hydrogen) atoms. The Morgan fingerprint density at radius 2 is 0.953 bits per heavy atom. The highest BCUT2D eigenvalue weighted by Gasteiger charge is 2.30. The summed E-state index contributed by atoms with van der Waals surface area (Å²) in [6.07, 6.45) is 9.24. The van der Waals surface area contributed by atoms with Crippen LogP contribution in [0.2, 0.25) is 0 Å². The largest absolute Gasteiger partial charge is 0.288 e. The van der Waals surface area contributed by atoms with Gasteiger partial charge in [-0.1, -0.05) is 189 Å². The third kappa shape index (κ3) is 9.46.